The van der Waals surface area contributed by atoms with Crippen LogP contribution in [0, 0.1) is 0 Å². The highest BCUT2D eigenvalue weighted by Crippen LogP contribution is 2.17. The summed E-state index contributed by atoms with van der Waals surface area (Å²) in [7, 11) is 0. The summed E-state index contributed by atoms with van der Waals surface area (Å²) >= 11 is 1.68. The van der Waals surface area contributed by atoms with E-state index in [0.717, 1.165) is 25.1 Å². The van der Waals surface area contributed by atoms with E-state index in [9.17, 15) is 4.79 Å². The smallest absolute Gasteiger partial charge is 0.232 e. The lowest BCUT2D eigenvalue weighted by Crippen LogP contribution is -2.31. The first-order chi connectivity index (χ1) is 8.24. The summed E-state index contributed by atoms with van der Waals surface area (Å²) in [4.78, 5) is 11.7. The fourth-order valence-electron chi connectivity index (χ4n) is 1.40. The number of unbranched alkanes of at least 4 members (excludes halogenated alkanes) is 1. The summed E-state index contributed by atoms with van der Waals surface area (Å²) in [6.07, 6.45) is 2.17. The van der Waals surface area contributed by atoms with Crippen molar-refractivity contribution in [2.45, 2.75) is 37.7 Å². The van der Waals surface area contributed by atoms with Crippen LogP contribution in [0.3, 0.4) is 0 Å². The predicted octanol–water partition coefficient (Wildman–Crippen LogP) is 3.22. The van der Waals surface area contributed by atoms with Crippen LogP contribution in [0.4, 0.5) is 0 Å². The fraction of sp³-hybridized carbons (Fsp3) is 0.500. The van der Waals surface area contributed by atoms with Gasteiger partial charge in [0.2, 0.25) is 5.91 Å². The molecular formula is C14H21NOS. The van der Waals surface area contributed by atoms with Crippen LogP contribution in [0.1, 0.15) is 32.3 Å². The van der Waals surface area contributed by atoms with Crippen molar-refractivity contribution in [2.75, 3.05) is 6.54 Å². The molecule has 0 aliphatic carbocycles. The van der Waals surface area contributed by atoms with E-state index >= 15 is 0 Å². The van der Waals surface area contributed by atoms with Crippen molar-refractivity contribution >= 4 is 17.7 Å². The van der Waals surface area contributed by atoms with E-state index in [4.69, 9.17) is 0 Å². The first-order valence-corrected chi connectivity index (χ1v) is 7.22. The number of thioether (sulfide) groups is 1. The Morgan fingerprint density at radius 2 is 2.06 bits per heavy atom. The lowest BCUT2D eigenvalue weighted by atomic mass is 10.2. The van der Waals surface area contributed by atoms with Crippen LogP contribution in [0.2, 0.25) is 0 Å². The molecule has 17 heavy (non-hydrogen) atoms. The second kappa shape index (κ2) is 8.18. The molecule has 1 aromatic rings. The van der Waals surface area contributed by atoms with E-state index in [0.29, 0.717) is 0 Å². The number of nitrogens with one attached hydrogen (secondary N) is 1. The molecule has 0 aromatic heterocycles. The van der Waals surface area contributed by atoms with Crippen molar-refractivity contribution in [2.24, 2.45) is 0 Å². The van der Waals surface area contributed by atoms with Crippen molar-refractivity contribution in [1.29, 1.82) is 0 Å². The maximum absolute atomic E-state index is 11.7. The highest BCUT2D eigenvalue weighted by molar-refractivity contribution is 7.99. The van der Waals surface area contributed by atoms with E-state index in [-0.39, 0.29) is 11.2 Å². The molecule has 94 valence electrons. The maximum Gasteiger partial charge on any atom is 0.232 e. The molecule has 0 saturated heterocycles. The zero-order chi connectivity index (χ0) is 12.5. The summed E-state index contributed by atoms with van der Waals surface area (Å²) in [6.45, 7) is 4.89. The summed E-state index contributed by atoms with van der Waals surface area (Å²) in [6, 6.07) is 10.3. The molecule has 0 aliphatic rings. The maximum atomic E-state index is 11.7. The molecule has 0 saturated carbocycles. The van der Waals surface area contributed by atoms with Crippen LogP contribution >= 0.6 is 11.8 Å². The van der Waals surface area contributed by atoms with Gasteiger partial charge in [0.15, 0.2) is 0 Å². The first kappa shape index (κ1) is 14.1. The molecule has 0 bridgehead atoms. The zero-order valence-corrected chi connectivity index (χ0v) is 11.4. The Balaban J connectivity index is 2.24. The molecule has 3 heteroatoms. The van der Waals surface area contributed by atoms with Crippen LogP contribution in [-0.2, 0) is 10.5 Å². The van der Waals surface area contributed by atoms with Gasteiger partial charge >= 0.3 is 0 Å². The highest BCUT2D eigenvalue weighted by atomic mass is 32.2. The first-order valence-electron chi connectivity index (χ1n) is 6.17. The van der Waals surface area contributed by atoms with Gasteiger partial charge in [-0.3, -0.25) is 4.79 Å². The van der Waals surface area contributed by atoms with Crippen LogP contribution in [-0.4, -0.2) is 17.7 Å². The average molecular weight is 251 g/mol. The minimum absolute atomic E-state index is 0.0204. The Morgan fingerprint density at radius 1 is 1.35 bits per heavy atom. The van der Waals surface area contributed by atoms with Crippen molar-refractivity contribution in [3.05, 3.63) is 35.9 Å². The second-order valence-electron chi connectivity index (χ2n) is 4.08. The van der Waals surface area contributed by atoms with Crippen molar-refractivity contribution in [3.8, 4) is 0 Å². The van der Waals surface area contributed by atoms with Gasteiger partial charge in [0, 0.05) is 12.3 Å². The standard InChI is InChI=1S/C14H21NOS/c1-3-4-10-15-14(16)12(2)17-11-13-8-6-5-7-9-13/h5-9,12H,3-4,10-11H2,1-2H3,(H,15,16)/t12-/m0/s1. The molecule has 0 fully saturated rings. The third kappa shape index (κ3) is 5.78. The van der Waals surface area contributed by atoms with Gasteiger partial charge in [0.05, 0.1) is 5.25 Å². The summed E-state index contributed by atoms with van der Waals surface area (Å²) in [5.74, 6) is 1.04. The van der Waals surface area contributed by atoms with E-state index in [2.05, 4.69) is 24.4 Å². The quantitative estimate of drug-likeness (QED) is 0.754. The molecule has 1 N–H and O–H groups in total. The van der Waals surface area contributed by atoms with Gasteiger partial charge in [-0.15, -0.1) is 11.8 Å². The molecular weight excluding hydrogens is 230 g/mol. The van der Waals surface area contributed by atoms with Crippen molar-refractivity contribution < 1.29 is 4.79 Å². The van der Waals surface area contributed by atoms with E-state index in [1.807, 2.05) is 25.1 Å². The monoisotopic (exact) mass is 251 g/mol. The Kier molecular flexibility index (Phi) is 6.78. The average Bonchev–Trinajstić information content (AvgIpc) is 2.37. The van der Waals surface area contributed by atoms with Crippen LogP contribution in [0.25, 0.3) is 0 Å². The number of rotatable bonds is 7. The lowest BCUT2D eigenvalue weighted by molar-refractivity contribution is -0.120. The van der Waals surface area contributed by atoms with E-state index in [1.54, 1.807) is 11.8 Å². The van der Waals surface area contributed by atoms with Crippen LogP contribution in [0.5, 0.6) is 0 Å². The van der Waals surface area contributed by atoms with E-state index < -0.39 is 0 Å². The summed E-state index contributed by atoms with van der Waals surface area (Å²) < 4.78 is 0. The molecule has 0 unspecified atom stereocenters. The summed E-state index contributed by atoms with van der Waals surface area (Å²) in [5, 5.41) is 2.98. The Bertz CT molecular complexity index is 326. The van der Waals surface area contributed by atoms with Gasteiger partial charge in [0.25, 0.3) is 0 Å². The Labute approximate surface area is 108 Å². The number of carbonyl (C=O) groups is 1. The minimum Gasteiger partial charge on any atom is -0.355 e. The number of hydrogen-bond acceptors (Lipinski definition) is 2. The molecule has 1 amide bonds. The molecule has 0 aliphatic heterocycles. The molecule has 2 nitrogen and oxygen atoms in total. The van der Waals surface area contributed by atoms with Gasteiger partial charge in [-0.1, -0.05) is 43.7 Å². The largest absolute Gasteiger partial charge is 0.355 e. The molecule has 0 heterocycles. The zero-order valence-electron chi connectivity index (χ0n) is 10.6. The SMILES string of the molecule is CCCCNC(=O)[C@H](C)SCc1ccccc1. The Morgan fingerprint density at radius 3 is 2.71 bits per heavy atom. The van der Waals surface area contributed by atoms with Crippen molar-refractivity contribution in [1.82, 2.24) is 5.32 Å². The number of amides is 1. The Hall–Kier alpha value is -0.960. The third-order valence-electron chi connectivity index (χ3n) is 2.54. The second-order valence-corrected chi connectivity index (χ2v) is 5.41. The topological polar surface area (TPSA) is 29.1 Å². The fourth-order valence-corrected chi connectivity index (χ4v) is 2.27. The van der Waals surface area contributed by atoms with Gasteiger partial charge in [-0.2, -0.15) is 0 Å². The highest BCUT2D eigenvalue weighted by Gasteiger charge is 2.12. The molecule has 1 atom stereocenters. The lowest BCUT2D eigenvalue weighted by Gasteiger charge is -2.11. The molecule has 1 aromatic carbocycles. The minimum atomic E-state index is 0.0204. The number of carbonyl (C=O) groups excluding carboxylic acids is 1. The summed E-state index contributed by atoms with van der Waals surface area (Å²) in [5.41, 5.74) is 1.27. The normalized spacial score (nSPS) is 12.1. The molecule has 1 rings (SSSR count). The van der Waals surface area contributed by atoms with Crippen LogP contribution < -0.4 is 5.32 Å². The number of benzene rings is 1. The molecule has 0 spiro atoms. The molecule has 0 radical (unpaired) electrons. The van der Waals surface area contributed by atoms with Gasteiger partial charge in [-0.25, -0.2) is 0 Å². The van der Waals surface area contributed by atoms with Gasteiger partial charge in [-0.05, 0) is 18.9 Å². The predicted molar refractivity (Wildman–Crippen MR) is 75.1 cm³/mol. The van der Waals surface area contributed by atoms with Gasteiger partial charge < -0.3 is 5.32 Å². The van der Waals surface area contributed by atoms with Crippen LogP contribution in [0.15, 0.2) is 30.3 Å². The number of hydrogen-bond donors (Lipinski definition) is 1. The van der Waals surface area contributed by atoms with Gasteiger partial charge in [0.1, 0.15) is 0 Å². The van der Waals surface area contributed by atoms with Crippen molar-refractivity contribution in [3.63, 3.8) is 0 Å². The van der Waals surface area contributed by atoms with E-state index in [1.165, 1.54) is 5.56 Å². The third-order valence-corrected chi connectivity index (χ3v) is 3.76.